The third-order valence-electron chi connectivity index (χ3n) is 2.86. The molecule has 0 aliphatic heterocycles. The van der Waals surface area contributed by atoms with E-state index in [1.165, 1.54) is 19.2 Å². The van der Waals surface area contributed by atoms with Crippen LogP contribution in [-0.4, -0.2) is 13.0 Å². The Morgan fingerprint density at radius 3 is 2.60 bits per heavy atom. The number of halogens is 1. The van der Waals surface area contributed by atoms with Gasteiger partial charge in [-0.05, 0) is 35.9 Å². The lowest BCUT2D eigenvalue weighted by molar-refractivity contribution is 0.0950. The number of amides is 1. The normalized spacial score (nSPS) is 10.1. The summed E-state index contributed by atoms with van der Waals surface area (Å²) >= 11 is 0. The van der Waals surface area contributed by atoms with Crippen molar-refractivity contribution in [1.29, 1.82) is 0 Å². The molecule has 0 unspecified atom stereocenters. The number of anilines is 1. The number of carbonyl (C=O) groups excluding carboxylic acids is 1. The molecular weight excluding hydrogens is 259 g/mol. The summed E-state index contributed by atoms with van der Waals surface area (Å²) in [5, 5.41) is 2.75. The van der Waals surface area contributed by atoms with Gasteiger partial charge in [0.25, 0.3) is 5.91 Å². The maximum atomic E-state index is 12.8. The van der Waals surface area contributed by atoms with E-state index < -0.39 is 0 Å². The Bertz CT molecular complexity index is 612. The van der Waals surface area contributed by atoms with Gasteiger partial charge in [0, 0.05) is 12.1 Å². The second-order valence-electron chi connectivity index (χ2n) is 4.27. The minimum Gasteiger partial charge on any atom is -0.495 e. The highest BCUT2D eigenvalue weighted by Crippen LogP contribution is 2.22. The molecule has 0 fully saturated rings. The predicted molar refractivity (Wildman–Crippen MR) is 75.0 cm³/mol. The zero-order chi connectivity index (χ0) is 14.5. The van der Waals surface area contributed by atoms with Crippen molar-refractivity contribution in [2.24, 2.45) is 0 Å². The first-order chi connectivity index (χ1) is 9.60. The maximum absolute atomic E-state index is 12.8. The van der Waals surface area contributed by atoms with Crippen molar-refractivity contribution in [3.8, 4) is 5.75 Å². The van der Waals surface area contributed by atoms with Crippen LogP contribution in [0.1, 0.15) is 15.9 Å². The van der Waals surface area contributed by atoms with Crippen LogP contribution in [0.4, 0.5) is 10.1 Å². The topological polar surface area (TPSA) is 64.3 Å². The van der Waals surface area contributed by atoms with E-state index in [0.717, 1.165) is 5.56 Å². The number of hydrogen-bond acceptors (Lipinski definition) is 3. The van der Waals surface area contributed by atoms with E-state index in [2.05, 4.69) is 5.32 Å². The smallest absolute Gasteiger partial charge is 0.251 e. The fourth-order valence-electron chi connectivity index (χ4n) is 1.74. The van der Waals surface area contributed by atoms with Gasteiger partial charge in [-0.2, -0.15) is 0 Å². The molecule has 2 aromatic rings. The summed E-state index contributed by atoms with van der Waals surface area (Å²) < 4.78 is 17.8. The number of carbonyl (C=O) groups is 1. The van der Waals surface area contributed by atoms with Crippen molar-refractivity contribution in [2.45, 2.75) is 6.54 Å². The SMILES string of the molecule is COc1cc(C(=O)NCc2ccc(F)cc2)ccc1N. The highest BCUT2D eigenvalue weighted by molar-refractivity contribution is 5.95. The van der Waals surface area contributed by atoms with E-state index in [1.807, 2.05) is 0 Å². The summed E-state index contributed by atoms with van der Waals surface area (Å²) in [6.45, 7) is 0.325. The van der Waals surface area contributed by atoms with E-state index in [0.29, 0.717) is 23.5 Å². The molecule has 0 aliphatic carbocycles. The standard InChI is InChI=1S/C15H15FN2O2/c1-20-14-8-11(4-7-13(14)17)15(19)18-9-10-2-5-12(16)6-3-10/h2-8H,9,17H2,1H3,(H,18,19). The summed E-state index contributed by atoms with van der Waals surface area (Å²) in [7, 11) is 1.49. The highest BCUT2D eigenvalue weighted by atomic mass is 19.1. The molecule has 0 radical (unpaired) electrons. The minimum absolute atomic E-state index is 0.243. The van der Waals surface area contributed by atoms with Gasteiger partial charge in [0.2, 0.25) is 0 Å². The summed E-state index contributed by atoms with van der Waals surface area (Å²) in [5.74, 6) is -0.0876. The summed E-state index contributed by atoms with van der Waals surface area (Å²) in [5.41, 5.74) is 7.44. The summed E-state index contributed by atoms with van der Waals surface area (Å²) in [4.78, 5) is 12.0. The average Bonchev–Trinajstić information content (AvgIpc) is 2.47. The molecule has 0 atom stereocenters. The molecule has 0 heterocycles. The lowest BCUT2D eigenvalue weighted by Gasteiger charge is -2.08. The van der Waals surface area contributed by atoms with Gasteiger partial charge in [-0.15, -0.1) is 0 Å². The largest absolute Gasteiger partial charge is 0.495 e. The van der Waals surface area contributed by atoms with E-state index in [4.69, 9.17) is 10.5 Å². The third-order valence-corrected chi connectivity index (χ3v) is 2.86. The van der Waals surface area contributed by atoms with Crippen molar-refractivity contribution < 1.29 is 13.9 Å². The third kappa shape index (κ3) is 3.26. The lowest BCUT2D eigenvalue weighted by atomic mass is 10.1. The van der Waals surface area contributed by atoms with Crippen molar-refractivity contribution >= 4 is 11.6 Å². The van der Waals surface area contributed by atoms with Crippen molar-refractivity contribution in [1.82, 2.24) is 5.32 Å². The number of nitrogens with two attached hydrogens (primary N) is 1. The number of benzene rings is 2. The Balaban J connectivity index is 2.03. The molecule has 2 aromatic carbocycles. The van der Waals surface area contributed by atoms with Gasteiger partial charge in [0.1, 0.15) is 11.6 Å². The maximum Gasteiger partial charge on any atom is 0.251 e. The predicted octanol–water partition coefficient (Wildman–Crippen LogP) is 2.35. The molecule has 0 aromatic heterocycles. The molecule has 0 saturated heterocycles. The number of hydrogen-bond donors (Lipinski definition) is 2. The number of rotatable bonds is 4. The van der Waals surface area contributed by atoms with Crippen LogP contribution in [-0.2, 0) is 6.54 Å². The second-order valence-corrected chi connectivity index (χ2v) is 4.27. The first-order valence-corrected chi connectivity index (χ1v) is 6.06. The number of nitrogen functional groups attached to an aromatic ring is 1. The molecule has 0 spiro atoms. The molecule has 1 amide bonds. The van der Waals surface area contributed by atoms with Crippen LogP contribution in [0.15, 0.2) is 42.5 Å². The quantitative estimate of drug-likeness (QED) is 0.841. The molecule has 3 N–H and O–H groups in total. The molecule has 104 valence electrons. The van der Waals surface area contributed by atoms with E-state index in [-0.39, 0.29) is 11.7 Å². The molecule has 0 aliphatic rings. The fourth-order valence-corrected chi connectivity index (χ4v) is 1.74. The lowest BCUT2D eigenvalue weighted by Crippen LogP contribution is -2.22. The summed E-state index contributed by atoms with van der Waals surface area (Å²) in [6.07, 6.45) is 0. The van der Waals surface area contributed by atoms with Crippen molar-refractivity contribution in [3.05, 3.63) is 59.4 Å². The zero-order valence-corrected chi connectivity index (χ0v) is 11.0. The molecule has 20 heavy (non-hydrogen) atoms. The molecule has 2 rings (SSSR count). The van der Waals surface area contributed by atoms with Gasteiger partial charge in [0.05, 0.1) is 12.8 Å². The van der Waals surface area contributed by atoms with Crippen molar-refractivity contribution in [2.75, 3.05) is 12.8 Å². The van der Waals surface area contributed by atoms with Crippen LogP contribution in [0.2, 0.25) is 0 Å². The van der Waals surface area contributed by atoms with Crippen molar-refractivity contribution in [3.63, 3.8) is 0 Å². The van der Waals surface area contributed by atoms with Crippen LogP contribution in [0.5, 0.6) is 5.75 Å². The van der Waals surface area contributed by atoms with Crippen LogP contribution in [0, 0.1) is 5.82 Å². The molecule has 5 heteroatoms. The molecule has 4 nitrogen and oxygen atoms in total. The van der Waals surface area contributed by atoms with E-state index in [9.17, 15) is 9.18 Å². The Hall–Kier alpha value is -2.56. The van der Waals surface area contributed by atoms with Gasteiger partial charge in [-0.3, -0.25) is 4.79 Å². The first-order valence-electron chi connectivity index (χ1n) is 6.06. The van der Waals surface area contributed by atoms with Crippen LogP contribution >= 0.6 is 0 Å². The highest BCUT2D eigenvalue weighted by Gasteiger charge is 2.08. The van der Waals surface area contributed by atoms with Gasteiger partial charge in [0.15, 0.2) is 0 Å². The number of nitrogens with one attached hydrogen (secondary N) is 1. The molecule has 0 bridgehead atoms. The van der Waals surface area contributed by atoms with Crippen LogP contribution in [0.25, 0.3) is 0 Å². The van der Waals surface area contributed by atoms with Gasteiger partial charge in [-0.25, -0.2) is 4.39 Å². The first kappa shape index (κ1) is 13.9. The fraction of sp³-hybridized carbons (Fsp3) is 0.133. The molecular formula is C15H15FN2O2. The number of ether oxygens (including phenoxy) is 1. The Labute approximate surface area is 116 Å². The monoisotopic (exact) mass is 274 g/mol. The molecule has 0 saturated carbocycles. The van der Waals surface area contributed by atoms with Gasteiger partial charge >= 0.3 is 0 Å². The summed E-state index contributed by atoms with van der Waals surface area (Å²) in [6, 6.07) is 10.8. The second kappa shape index (κ2) is 6.06. The van der Waals surface area contributed by atoms with E-state index >= 15 is 0 Å². The zero-order valence-electron chi connectivity index (χ0n) is 11.0. The Morgan fingerprint density at radius 1 is 1.25 bits per heavy atom. The Morgan fingerprint density at radius 2 is 1.95 bits per heavy atom. The minimum atomic E-state index is -0.302. The van der Waals surface area contributed by atoms with Crippen LogP contribution in [0.3, 0.4) is 0 Å². The number of methoxy groups -OCH3 is 1. The van der Waals surface area contributed by atoms with Crippen LogP contribution < -0.4 is 15.8 Å². The average molecular weight is 274 g/mol. The van der Waals surface area contributed by atoms with Gasteiger partial charge in [-0.1, -0.05) is 12.1 Å². The Kier molecular flexibility index (Phi) is 4.20. The van der Waals surface area contributed by atoms with E-state index in [1.54, 1.807) is 30.3 Å². The van der Waals surface area contributed by atoms with Gasteiger partial charge < -0.3 is 15.8 Å².